The molecule has 0 heterocycles. The van der Waals surface area contributed by atoms with Crippen LogP contribution < -0.4 is 10.1 Å². The molecule has 5 nitrogen and oxygen atoms in total. The van der Waals surface area contributed by atoms with E-state index in [1.807, 2.05) is 0 Å². The van der Waals surface area contributed by atoms with Crippen LogP contribution in [0.15, 0.2) is 29.2 Å². The molecule has 1 aromatic carbocycles. The first-order valence-electron chi connectivity index (χ1n) is 6.38. The zero-order valence-electron chi connectivity index (χ0n) is 12.3. The fourth-order valence-electron chi connectivity index (χ4n) is 1.93. The summed E-state index contributed by atoms with van der Waals surface area (Å²) in [5.41, 5.74) is 0. The number of methoxy groups -OCH3 is 1. The Morgan fingerprint density at radius 1 is 1.29 bits per heavy atom. The number of amides is 1. The van der Waals surface area contributed by atoms with Crippen LogP contribution in [0.5, 0.6) is 5.75 Å². The Balaban J connectivity index is 2.93. The molecule has 1 N–H and O–H groups in total. The van der Waals surface area contributed by atoms with Crippen LogP contribution in [0.25, 0.3) is 0 Å². The first-order valence-corrected chi connectivity index (χ1v) is 8.44. The summed E-state index contributed by atoms with van der Waals surface area (Å²) >= 11 is 5.00. The number of carbonyl (C=O) groups is 1. The van der Waals surface area contributed by atoms with Crippen LogP contribution in [0.1, 0.15) is 20.3 Å². The van der Waals surface area contributed by atoms with Crippen LogP contribution in [0.3, 0.4) is 0 Å². The predicted octanol–water partition coefficient (Wildman–Crippen LogP) is 1.75. The van der Waals surface area contributed by atoms with Gasteiger partial charge in [0.1, 0.15) is 5.75 Å². The molecule has 0 bridgehead atoms. The molecule has 1 atom stereocenters. The Bertz CT molecular complexity index is 592. The lowest BCUT2D eigenvalue weighted by Crippen LogP contribution is -2.39. The summed E-state index contributed by atoms with van der Waals surface area (Å²) in [7, 11) is -1.99. The number of carbonyl (C=O) groups excluding carboxylic acids is 1. The molecule has 1 amide bonds. The minimum atomic E-state index is -3.51. The van der Waals surface area contributed by atoms with Crippen LogP contribution in [0.4, 0.5) is 0 Å². The molecule has 0 saturated heterocycles. The largest absolute Gasteiger partial charge is 0.497 e. The number of ether oxygens (including phenoxy) is 1. The third-order valence-electron chi connectivity index (χ3n) is 2.78. The molecule has 21 heavy (non-hydrogen) atoms. The van der Waals surface area contributed by atoms with Gasteiger partial charge in [-0.05, 0) is 42.5 Å². The van der Waals surface area contributed by atoms with E-state index in [0.29, 0.717) is 17.0 Å². The Morgan fingerprint density at radius 3 is 2.29 bits per heavy atom. The summed E-state index contributed by atoms with van der Waals surface area (Å²) in [6.45, 7) is 3.08. The van der Waals surface area contributed by atoms with E-state index in [1.54, 1.807) is 19.1 Å². The van der Waals surface area contributed by atoms with Gasteiger partial charge >= 0.3 is 0 Å². The fourth-order valence-corrected chi connectivity index (χ4v) is 3.61. The van der Waals surface area contributed by atoms with Crippen LogP contribution in [0, 0.1) is 0 Å². The van der Waals surface area contributed by atoms with Crippen LogP contribution in [-0.4, -0.2) is 38.1 Å². The summed E-state index contributed by atoms with van der Waals surface area (Å²) in [6, 6.07) is 5.63. The van der Waals surface area contributed by atoms with Gasteiger partial charge in [0.2, 0.25) is 5.91 Å². The van der Waals surface area contributed by atoms with Crippen molar-refractivity contribution in [2.24, 2.45) is 0 Å². The molecule has 1 aromatic rings. The highest BCUT2D eigenvalue weighted by Gasteiger charge is 2.22. The second kappa shape index (κ2) is 7.51. The van der Waals surface area contributed by atoms with E-state index in [9.17, 15) is 13.2 Å². The zero-order chi connectivity index (χ0) is 16.0. The molecular formula is C14H19NO4S2. The van der Waals surface area contributed by atoms with Gasteiger partial charge in [-0.3, -0.25) is 4.79 Å². The summed E-state index contributed by atoms with van der Waals surface area (Å²) in [5, 5.41) is 2.63. The number of nitrogens with one attached hydrogen (secondary N) is 1. The van der Waals surface area contributed by atoms with Crippen molar-refractivity contribution in [2.45, 2.75) is 31.2 Å². The number of rotatable bonds is 7. The lowest BCUT2D eigenvalue weighted by Gasteiger charge is -2.17. The molecule has 0 aliphatic heterocycles. The van der Waals surface area contributed by atoms with Gasteiger partial charge < -0.3 is 10.1 Å². The Kier molecular flexibility index (Phi) is 6.29. The topological polar surface area (TPSA) is 72.5 Å². The molecule has 0 fully saturated rings. The number of hydrogen-bond donors (Lipinski definition) is 1. The SMILES string of the molecule is COc1ccc(S(=O)(=O)CC(CC(C)=S)NC(C)=O)cc1. The summed E-state index contributed by atoms with van der Waals surface area (Å²) < 4.78 is 29.7. The van der Waals surface area contributed by atoms with Crippen molar-refractivity contribution < 1.29 is 17.9 Å². The third kappa shape index (κ3) is 5.81. The maximum atomic E-state index is 12.4. The summed E-state index contributed by atoms with van der Waals surface area (Å²) in [6.07, 6.45) is 0.351. The quantitative estimate of drug-likeness (QED) is 0.772. The van der Waals surface area contributed by atoms with E-state index in [4.69, 9.17) is 17.0 Å². The standard InChI is InChI=1S/C14H19NO4S2/c1-10(20)8-12(15-11(2)16)9-21(17,18)14-6-4-13(19-3)5-7-14/h4-7,12H,8-9H2,1-3H3,(H,15,16). The minimum absolute atomic E-state index is 0.188. The van der Waals surface area contributed by atoms with Gasteiger partial charge in [-0.2, -0.15) is 0 Å². The van der Waals surface area contributed by atoms with Crippen molar-refractivity contribution in [1.29, 1.82) is 0 Å². The van der Waals surface area contributed by atoms with Crippen LogP contribution >= 0.6 is 12.2 Å². The van der Waals surface area contributed by atoms with Gasteiger partial charge in [-0.25, -0.2) is 8.42 Å². The second-order valence-corrected chi connectivity index (χ2v) is 7.49. The lowest BCUT2D eigenvalue weighted by atomic mass is 10.2. The molecule has 0 saturated carbocycles. The van der Waals surface area contributed by atoms with Gasteiger partial charge in [0.15, 0.2) is 9.84 Å². The smallest absolute Gasteiger partial charge is 0.217 e. The van der Waals surface area contributed by atoms with E-state index in [-0.39, 0.29) is 16.6 Å². The zero-order valence-corrected chi connectivity index (χ0v) is 13.9. The third-order valence-corrected chi connectivity index (χ3v) is 4.78. The molecule has 7 heteroatoms. The van der Waals surface area contributed by atoms with E-state index >= 15 is 0 Å². The molecule has 1 rings (SSSR count). The Labute approximate surface area is 130 Å². The molecule has 0 spiro atoms. The van der Waals surface area contributed by atoms with Gasteiger partial charge in [-0.1, -0.05) is 12.2 Å². The van der Waals surface area contributed by atoms with E-state index in [0.717, 1.165) is 0 Å². The average molecular weight is 329 g/mol. The van der Waals surface area contributed by atoms with E-state index in [1.165, 1.54) is 26.2 Å². The summed E-state index contributed by atoms with van der Waals surface area (Å²) in [5.74, 6) is 0.121. The van der Waals surface area contributed by atoms with Crippen LogP contribution in [0.2, 0.25) is 0 Å². The molecule has 0 radical (unpaired) electrons. The number of sulfone groups is 1. The second-order valence-electron chi connectivity index (χ2n) is 4.76. The number of thiocarbonyl (C=S) groups is 1. The normalized spacial score (nSPS) is 12.5. The average Bonchev–Trinajstić information content (AvgIpc) is 2.36. The highest BCUT2D eigenvalue weighted by molar-refractivity contribution is 7.91. The van der Waals surface area contributed by atoms with E-state index in [2.05, 4.69) is 5.32 Å². The summed E-state index contributed by atoms with van der Waals surface area (Å²) in [4.78, 5) is 12.0. The first-order chi connectivity index (χ1) is 9.74. The molecule has 0 aliphatic rings. The lowest BCUT2D eigenvalue weighted by molar-refractivity contribution is -0.119. The fraction of sp³-hybridized carbons (Fsp3) is 0.429. The van der Waals surface area contributed by atoms with Crippen molar-refractivity contribution in [2.75, 3.05) is 12.9 Å². The van der Waals surface area contributed by atoms with Gasteiger partial charge in [-0.15, -0.1) is 0 Å². The maximum absolute atomic E-state index is 12.4. The van der Waals surface area contributed by atoms with Crippen molar-refractivity contribution >= 4 is 32.8 Å². The minimum Gasteiger partial charge on any atom is -0.497 e. The predicted molar refractivity (Wildman–Crippen MR) is 85.5 cm³/mol. The molecule has 116 valence electrons. The molecular weight excluding hydrogens is 310 g/mol. The van der Waals surface area contributed by atoms with Crippen molar-refractivity contribution in [3.05, 3.63) is 24.3 Å². The van der Waals surface area contributed by atoms with Crippen LogP contribution in [-0.2, 0) is 14.6 Å². The van der Waals surface area contributed by atoms with Gasteiger partial charge in [0.25, 0.3) is 0 Å². The molecule has 0 aromatic heterocycles. The highest BCUT2D eigenvalue weighted by Crippen LogP contribution is 2.18. The Morgan fingerprint density at radius 2 is 1.86 bits per heavy atom. The number of benzene rings is 1. The first kappa shape index (κ1) is 17.6. The van der Waals surface area contributed by atoms with Crippen molar-refractivity contribution in [1.82, 2.24) is 5.32 Å². The van der Waals surface area contributed by atoms with Crippen molar-refractivity contribution in [3.63, 3.8) is 0 Å². The molecule has 0 aliphatic carbocycles. The highest BCUT2D eigenvalue weighted by atomic mass is 32.2. The van der Waals surface area contributed by atoms with Gasteiger partial charge in [0, 0.05) is 13.0 Å². The van der Waals surface area contributed by atoms with Gasteiger partial charge in [0.05, 0.1) is 17.8 Å². The van der Waals surface area contributed by atoms with Crippen molar-refractivity contribution in [3.8, 4) is 5.75 Å². The van der Waals surface area contributed by atoms with E-state index < -0.39 is 15.9 Å². The molecule has 1 unspecified atom stereocenters. The number of hydrogen-bond acceptors (Lipinski definition) is 5. The maximum Gasteiger partial charge on any atom is 0.217 e. The Hall–Kier alpha value is -1.47. The monoisotopic (exact) mass is 329 g/mol.